The third-order valence-electron chi connectivity index (χ3n) is 8.13. The minimum Gasteiger partial charge on any atom is -0.480 e. The number of carboxylic acids is 1. The minimum absolute atomic E-state index is 0.0448. The van der Waals surface area contributed by atoms with E-state index in [1.54, 1.807) is 36.9 Å². The average Bonchev–Trinajstić information content (AvgIpc) is 3.48. The number of carboxylic acid groups (broad SMARTS) is 1. The van der Waals surface area contributed by atoms with Crippen LogP contribution in [-0.4, -0.2) is 44.1 Å². The van der Waals surface area contributed by atoms with Crippen molar-refractivity contribution in [3.63, 3.8) is 0 Å². The van der Waals surface area contributed by atoms with Crippen molar-refractivity contribution in [2.45, 2.75) is 42.5 Å². The highest BCUT2D eigenvalue weighted by Gasteiger charge is 2.70. The lowest BCUT2D eigenvalue weighted by molar-refractivity contribution is -0.157. The number of nitrogens with zero attached hydrogens (tertiary/aromatic N) is 1. The maximum Gasteiger partial charge on any atom is 0.327 e. The van der Waals surface area contributed by atoms with Crippen molar-refractivity contribution in [3.05, 3.63) is 43.1 Å². The first-order valence-corrected chi connectivity index (χ1v) is 14.3. The Morgan fingerprint density at radius 3 is 2.59 bits per heavy atom. The summed E-state index contributed by atoms with van der Waals surface area (Å²) in [5.41, 5.74) is 1.18. The molecule has 34 heavy (non-hydrogen) atoms. The van der Waals surface area contributed by atoms with Crippen LogP contribution in [0.3, 0.4) is 0 Å². The molecular weight excluding hydrogens is 556 g/mol. The van der Waals surface area contributed by atoms with Gasteiger partial charge in [-0.3, -0.25) is 14.5 Å². The summed E-state index contributed by atoms with van der Waals surface area (Å²) in [4.78, 5) is 44.9. The Kier molecular flexibility index (Phi) is 5.41. The lowest BCUT2D eigenvalue weighted by atomic mass is 9.68. The number of nitrogens with one attached hydrogen (secondary N) is 1. The molecule has 2 aromatic rings. The van der Waals surface area contributed by atoms with E-state index < -0.39 is 23.8 Å². The molecule has 2 bridgehead atoms. The van der Waals surface area contributed by atoms with E-state index in [0.29, 0.717) is 0 Å². The predicted molar refractivity (Wildman–Crippen MR) is 135 cm³/mol. The molecule has 0 spiro atoms. The van der Waals surface area contributed by atoms with Gasteiger partial charge < -0.3 is 10.1 Å². The Labute approximate surface area is 218 Å². The second kappa shape index (κ2) is 8.01. The number of carbonyl (C=O) groups excluding carboxylic acids is 2. The summed E-state index contributed by atoms with van der Waals surface area (Å²) < 4.78 is 1.74. The molecule has 2 amide bonds. The first-order chi connectivity index (χ1) is 16.2. The smallest absolute Gasteiger partial charge is 0.327 e. The first kappa shape index (κ1) is 22.9. The molecule has 1 saturated heterocycles. The van der Waals surface area contributed by atoms with Crippen molar-refractivity contribution in [1.82, 2.24) is 9.88 Å². The molecule has 2 aliphatic heterocycles. The summed E-state index contributed by atoms with van der Waals surface area (Å²) in [6.07, 6.45) is 0.836. The zero-order valence-electron chi connectivity index (χ0n) is 18.4. The Morgan fingerprint density at radius 1 is 1.24 bits per heavy atom. The van der Waals surface area contributed by atoms with Crippen molar-refractivity contribution in [1.29, 1.82) is 0 Å². The van der Waals surface area contributed by atoms with Gasteiger partial charge in [-0.1, -0.05) is 41.9 Å². The van der Waals surface area contributed by atoms with Gasteiger partial charge in [-0.25, -0.2) is 4.79 Å². The molecule has 8 unspecified atom stereocenters. The largest absolute Gasteiger partial charge is 0.480 e. The summed E-state index contributed by atoms with van der Waals surface area (Å²) in [7, 11) is 0. The molecule has 1 aromatic heterocycles. The second-order valence-corrected chi connectivity index (χ2v) is 13.9. The van der Waals surface area contributed by atoms with E-state index in [4.69, 9.17) is 12.2 Å². The number of fused-ring (bicyclic) bond motifs is 9. The van der Waals surface area contributed by atoms with Crippen molar-refractivity contribution in [3.8, 4) is 0 Å². The number of carbonyl (C=O) groups is 3. The van der Waals surface area contributed by atoms with Gasteiger partial charge in [-0.15, -0.1) is 23.1 Å². The van der Waals surface area contributed by atoms with Crippen LogP contribution in [0.2, 0.25) is 0 Å². The first-order valence-electron chi connectivity index (χ1n) is 11.4. The van der Waals surface area contributed by atoms with E-state index in [0.717, 1.165) is 24.8 Å². The van der Waals surface area contributed by atoms with E-state index in [-0.39, 0.29) is 46.7 Å². The Bertz CT molecular complexity index is 1290. The maximum atomic E-state index is 13.7. The van der Waals surface area contributed by atoms with Gasteiger partial charge in [0.15, 0.2) is 3.95 Å². The number of aromatic amines is 1. The normalized spacial score (nSPS) is 34.4. The maximum absolute atomic E-state index is 13.7. The van der Waals surface area contributed by atoms with E-state index in [9.17, 15) is 19.5 Å². The number of H-pyrrole nitrogens is 1. The van der Waals surface area contributed by atoms with Crippen LogP contribution in [0.1, 0.15) is 36.6 Å². The van der Waals surface area contributed by atoms with Crippen LogP contribution in [0.25, 0.3) is 0 Å². The molecule has 0 radical (unpaired) electrons. The topological polar surface area (TPSA) is 90.5 Å². The van der Waals surface area contributed by atoms with Crippen LogP contribution in [0.4, 0.5) is 0 Å². The molecule has 178 valence electrons. The van der Waals surface area contributed by atoms with Gasteiger partial charge in [0.2, 0.25) is 11.8 Å². The Morgan fingerprint density at radius 2 is 1.94 bits per heavy atom. The van der Waals surface area contributed by atoms with Gasteiger partial charge in [0.1, 0.15) is 6.04 Å². The average molecular weight is 580 g/mol. The van der Waals surface area contributed by atoms with E-state index in [2.05, 4.69) is 33.0 Å². The molecule has 2 N–H and O–H groups in total. The van der Waals surface area contributed by atoms with Crippen molar-refractivity contribution >= 4 is 69.0 Å². The van der Waals surface area contributed by atoms with E-state index in [1.165, 1.54) is 10.4 Å². The highest BCUT2D eigenvalue weighted by atomic mass is 79.9. The van der Waals surface area contributed by atoms with Gasteiger partial charge in [0.05, 0.1) is 16.9 Å². The SMILES string of the molecule is CC(C)C(C(=O)O)N1C(=O)C2C3CC(C2C1=O)C1C(c2cccc(Br)c2)c2sc(=S)[nH]c2SC31. The third kappa shape index (κ3) is 3.10. The molecule has 2 saturated carbocycles. The van der Waals surface area contributed by atoms with E-state index in [1.807, 2.05) is 12.1 Å². The molecule has 10 heteroatoms. The van der Waals surface area contributed by atoms with Gasteiger partial charge >= 0.3 is 5.97 Å². The van der Waals surface area contributed by atoms with Crippen LogP contribution in [0, 0.1) is 39.5 Å². The fourth-order valence-corrected chi connectivity index (χ4v) is 10.8. The lowest BCUT2D eigenvalue weighted by Crippen LogP contribution is -2.49. The number of rotatable bonds is 4. The van der Waals surface area contributed by atoms with Crippen molar-refractivity contribution in [2.75, 3.05) is 0 Å². The summed E-state index contributed by atoms with van der Waals surface area (Å²) >= 11 is 12.5. The molecule has 8 atom stereocenters. The Hall–Kier alpha value is -1.49. The zero-order chi connectivity index (χ0) is 24.0. The lowest BCUT2D eigenvalue weighted by Gasteiger charge is -2.43. The quantitative estimate of drug-likeness (QED) is 0.385. The fraction of sp³-hybridized carbons (Fsp3) is 0.500. The number of thiazole rings is 1. The number of hydrogen-bond acceptors (Lipinski definition) is 6. The predicted octanol–water partition coefficient (Wildman–Crippen LogP) is 5.15. The number of halogens is 1. The number of thioether (sulfide) groups is 1. The molecule has 4 aliphatic rings. The van der Waals surface area contributed by atoms with Crippen LogP contribution in [0.15, 0.2) is 33.8 Å². The van der Waals surface area contributed by atoms with Crippen LogP contribution in [0.5, 0.6) is 0 Å². The summed E-state index contributed by atoms with van der Waals surface area (Å²) in [6.45, 7) is 3.50. The highest BCUT2D eigenvalue weighted by Crippen LogP contribution is 2.69. The number of imide groups is 1. The monoisotopic (exact) mass is 578 g/mol. The fourth-order valence-electron chi connectivity index (χ4n) is 7.08. The summed E-state index contributed by atoms with van der Waals surface area (Å²) in [6, 6.07) is 7.19. The van der Waals surface area contributed by atoms with Crippen LogP contribution in [-0.2, 0) is 14.4 Å². The molecule has 3 fully saturated rings. The second-order valence-electron chi connectivity index (χ2n) is 10.1. The number of benzene rings is 1. The van der Waals surface area contributed by atoms with Gasteiger partial charge in [-0.2, -0.15) is 0 Å². The number of amides is 2. The molecule has 6 nitrogen and oxygen atoms in total. The molecule has 2 aliphatic carbocycles. The summed E-state index contributed by atoms with van der Waals surface area (Å²) in [5, 5.41) is 11.1. The van der Waals surface area contributed by atoms with Crippen LogP contribution >= 0.6 is 51.2 Å². The zero-order valence-corrected chi connectivity index (χ0v) is 22.5. The van der Waals surface area contributed by atoms with E-state index >= 15 is 0 Å². The molecule has 3 heterocycles. The van der Waals surface area contributed by atoms with Gasteiger partial charge in [0, 0.05) is 20.5 Å². The van der Waals surface area contributed by atoms with Gasteiger partial charge in [-0.05, 0) is 60.0 Å². The number of likely N-dealkylation sites (tertiary alicyclic amines) is 1. The minimum atomic E-state index is -1.11. The molecule has 6 rings (SSSR count). The molecule has 1 aromatic carbocycles. The van der Waals surface area contributed by atoms with Crippen molar-refractivity contribution in [2.24, 2.45) is 35.5 Å². The highest BCUT2D eigenvalue weighted by molar-refractivity contribution is 9.10. The van der Waals surface area contributed by atoms with Crippen LogP contribution < -0.4 is 0 Å². The standard InChI is InChI=1S/C24H23BrN2O4S3/c1-8(2)17(23(30)31)27-21(28)15-11-7-12(16(15)22(27)29)18-14(11)13(9-4-3-5-10(25)6-9)19-20(33-18)26-24(32)34-19/h3-6,8,11-18H,7H2,1-2H3,(H,26,32)(H,30,31). The van der Waals surface area contributed by atoms with Gasteiger partial charge in [0.25, 0.3) is 0 Å². The van der Waals surface area contributed by atoms with Crippen molar-refractivity contribution < 1.29 is 19.5 Å². The number of hydrogen-bond donors (Lipinski definition) is 2. The summed E-state index contributed by atoms with van der Waals surface area (Å²) in [5.74, 6) is -2.50. The Balaban J connectivity index is 1.45. The third-order valence-corrected chi connectivity index (χ3v) is 11.6. The molecular formula is C24H23BrN2O4S3. The number of aromatic nitrogens is 1. The number of aliphatic carboxylic acids is 1.